The van der Waals surface area contributed by atoms with Crippen LogP contribution in [0.1, 0.15) is 59.7 Å². The fraction of sp³-hybridized carbons (Fsp3) is 0.391. The molecule has 26 heavy (non-hydrogen) atoms. The summed E-state index contributed by atoms with van der Waals surface area (Å²) in [6, 6.07) is 16.6. The Morgan fingerprint density at radius 2 is 1.88 bits per heavy atom. The smallest absolute Gasteiger partial charge is 0.150 e. The van der Waals surface area contributed by atoms with Crippen LogP contribution in [0.2, 0.25) is 0 Å². The number of nitrogens with zero attached hydrogens (tertiary/aromatic N) is 1. The van der Waals surface area contributed by atoms with E-state index in [0.717, 1.165) is 43.4 Å². The van der Waals surface area contributed by atoms with E-state index in [-0.39, 0.29) is 11.6 Å². The molecular weight excluding hydrogens is 322 g/mol. The van der Waals surface area contributed by atoms with Gasteiger partial charge in [0.2, 0.25) is 0 Å². The number of aldehydes is 1. The lowest BCUT2D eigenvalue weighted by molar-refractivity contribution is 0.0476. The first kappa shape index (κ1) is 17.2. The molecule has 2 aromatic rings. The predicted molar refractivity (Wildman–Crippen MR) is 104 cm³/mol. The molecule has 0 radical (unpaired) electrons. The minimum absolute atomic E-state index is 0.0280. The van der Waals surface area contributed by atoms with E-state index < -0.39 is 0 Å². The molecule has 2 aromatic carbocycles. The van der Waals surface area contributed by atoms with E-state index in [9.17, 15) is 4.79 Å². The van der Waals surface area contributed by atoms with Crippen LogP contribution >= 0.6 is 0 Å². The lowest BCUT2D eigenvalue weighted by Crippen LogP contribution is -2.38. The molecule has 2 aliphatic rings. The number of ether oxygens (including phenoxy) is 1. The summed E-state index contributed by atoms with van der Waals surface area (Å²) >= 11 is 0. The molecule has 0 aliphatic carbocycles. The van der Waals surface area contributed by atoms with Crippen molar-refractivity contribution in [2.75, 3.05) is 6.61 Å². The van der Waals surface area contributed by atoms with Crippen LogP contribution in [0.4, 0.5) is 0 Å². The van der Waals surface area contributed by atoms with E-state index in [1.807, 2.05) is 12.1 Å². The monoisotopic (exact) mass is 347 g/mol. The Labute approximate surface area is 155 Å². The maximum atomic E-state index is 10.9. The molecule has 0 bridgehead atoms. The fourth-order valence-corrected chi connectivity index (χ4v) is 4.20. The molecule has 2 atom stereocenters. The lowest BCUT2D eigenvalue weighted by atomic mass is 9.81. The van der Waals surface area contributed by atoms with Crippen LogP contribution in [-0.4, -0.2) is 30.2 Å². The first-order valence-electron chi connectivity index (χ1n) is 9.40. The van der Waals surface area contributed by atoms with E-state index in [1.165, 1.54) is 16.7 Å². The summed E-state index contributed by atoms with van der Waals surface area (Å²) in [5.74, 6) is 0.439. The average Bonchev–Trinajstić information content (AvgIpc) is 2.67. The van der Waals surface area contributed by atoms with Crippen LogP contribution < -0.4 is 0 Å². The van der Waals surface area contributed by atoms with Crippen molar-refractivity contribution in [3.05, 3.63) is 70.8 Å². The van der Waals surface area contributed by atoms with Gasteiger partial charge < -0.3 is 4.74 Å². The lowest BCUT2D eigenvalue weighted by Gasteiger charge is -2.36. The summed E-state index contributed by atoms with van der Waals surface area (Å²) in [6.45, 7) is 5.13. The molecule has 2 aliphatic heterocycles. The molecule has 2 unspecified atom stereocenters. The number of rotatable bonds is 3. The maximum absolute atomic E-state index is 10.9. The van der Waals surface area contributed by atoms with Crippen molar-refractivity contribution in [2.24, 2.45) is 4.99 Å². The van der Waals surface area contributed by atoms with Crippen molar-refractivity contribution < 1.29 is 9.53 Å². The Bertz CT molecular complexity index is 836. The first-order valence-corrected chi connectivity index (χ1v) is 9.40. The van der Waals surface area contributed by atoms with Crippen LogP contribution in [0, 0.1) is 0 Å². The summed E-state index contributed by atoms with van der Waals surface area (Å²) in [4.78, 5) is 16.0. The highest BCUT2D eigenvalue weighted by Crippen LogP contribution is 2.35. The van der Waals surface area contributed by atoms with E-state index in [4.69, 9.17) is 9.73 Å². The number of carbonyl (C=O) groups excluding carboxylic acids is 1. The Morgan fingerprint density at radius 1 is 1.12 bits per heavy atom. The molecule has 1 saturated heterocycles. The van der Waals surface area contributed by atoms with Gasteiger partial charge in [-0.2, -0.15) is 0 Å². The second-order valence-electron chi connectivity index (χ2n) is 8.01. The standard InChI is InChI=1S/C23H25NO2/c1-23(2)14-19-5-3-4-6-20(19)22(24-23)21-13-18(11-12-26-21)17-9-7-16(15-25)8-10-17/h3-10,15,18,21H,11-14H2,1-2H3. The summed E-state index contributed by atoms with van der Waals surface area (Å²) in [5, 5.41) is 0. The largest absolute Gasteiger partial charge is 0.372 e. The van der Waals surface area contributed by atoms with Gasteiger partial charge in [0.15, 0.2) is 0 Å². The van der Waals surface area contributed by atoms with Gasteiger partial charge in [-0.3, -0.25) is 9.79 Å². The third-order valence-electron chi connectivity index (χ3n) is 5.47. The normalized spacial score (nSPS) is 24.5. The fourth-order valence-electron chi connectivity index (χ4n) is 4.20. The van der Waals surface area contributed by atoms with Gasteiger partial charge in [0.1, 0.15) is 12.4 Å². The van der Waals surface area contributed by atoms with Gasteiger partial charge in [-0.1, -0.05) is 48.5 Å². The highest BCUT2D eigenvalue weighted by Gasteiger charge is 2.34. The summed E-state index contributed by atoms with van der Waals surface area (Å²) in [5.41, 5.74) is 5.63. The molecular formula is C23H25NO2. The zero-order chi connectivity index (χ0) is 18.1. The van der Waals surface area contributed by atoms with Crippen molar-refractivity contribution in [1.29, 1.82) is 0 Å². The summed E-state index contributed by atoms with van der Waals surface area (Å²) in [7, 11) is 0. The second-order valence-corrected chi connectivity index (χ2v) is 8.01. The number of fused-ring (bicyclic) bond motifs is 1. The molecule has 1 fully saturated rings. The van der Waals surface area contributed by atoms with Gasteiger partial charge in [-0.15, -0.1) is 0 Å². The first-order chi connectivity index (χ1) is 12.6. The van der Waals surface area contributed by atoms with Crippen LogP contribution in [-0.2, 0) is 11.2 Å². The van der Waals surface area contributed by atoms with Gasteiger partial charge in [0.25, 0.3) is 0 Å². The second kappa shape index (κ2) is 6.81. The maximum Gasteiger partial charge on any atom is 0.150 e. The minimum Gasteiger partial charge on any atom is -0.372 e. The van der Waals surface area contributed by atoms with Crippen LogP contribution in [0.25, 0.3) is 0 Å². The quantitative estimate of drug-likeness (QED) is 0.762. The van der Waals surface area contributed by atoms with Crippen LogP contribution in [0.15, 0.2) is 53.5 Å². The van der Waals surface area contributed by atoms with E-state index >= 15 is 0 Å². The predicted octanol–water partition coefficient (Wildman–Crippen LogP) is 4.59. The molecule has 0 amide bonds. The molecule has 3 nitrogen and oxygen atoms in total. The van der Waals surface area contributed by atoms with Crippen molar-refractivity contribution in [1.82, 2.24) is 0 Å². The average molecular weight is 347 g/mol. The molecule has 134 valence electrons. The molecule has 0 aromatic heterocycles. The van der Waals surface area contributed by atoms with Crippen LogP contribution in [0.3, 0.4) is 0 Å². The number of hydrogen-bond acceptors (Lipinski definition) is 3. The topological polar surface area (TPSA) is 38.7 Å². The molecule has 2 heterocycles. The summed E-state index contributed by atoms with van der Waals surface area (Å²) in [6.07, 6.45) is 3.83. The molecule has 0 N–H and O–H groups in total. The Balaban J connectivity index is 1.62. The van der Waals surface area contributed by atoms with E-state index in [0.29, 0.717) is 5.92 Å². The van der Waals surface area contributed by atoms with Crippen molar-refractivity contribution >= 4 is 12.0 Å². The van der Waals surface area contributed by atoms with Gasteiger partial charge >= 0.3 is 0 Å². The van der Waals surface area contributed by atoms with Crippen molar-refractivity contribution in [3.63, 3.8) is 0 Å². The zero-order valence-electron chi connectivity index (χ0n) is 15.4. The zero-order valence-corrected chi connectivity index (χ0v) is 15.4. The van der Waals surface area contributed by atoms with Gasteiger partial charge in [0.05, 0.1) is 11.3 Å². The Morgan fingerprint density at radius 3 is 2.65 bits per heavy atom. The number of benzene rings is 2. The highest BCUT2D eigenvalue weighted by atomic mass is 16.5. The minimum atomic E-state index is -0.0917. The Kier molecular flexibility index (Phi) is 4.49. The van der Waals surface area contributed by atoms with E-state index in [1.54, 1.807) is 0 Å². The van der Waals surface area contributed by atoms with Gasteiger partial charge in [0, 0.05) is 17.7 Å². The van der Waals surface area contributed by atoms with Crippen molar-refractivity contribution in [2.45, 2.75) is 50.7 Å². The SMILES string of the molecule is CC1(C)Cc2ccccc2C(C2CC(c3ccc(C=O)cc3)CCO2)=N1. The third-order valence-corrected chi connectivity index (χ3v) is 5.47. The molecule has 4 rings (SSSR count). The molecule has 3 heteroatoms. The number of aliphatic imine (C=N–C) groups is 1. The number of hydrogen-bond donors (Lipinski definition) is 0. The van der Waals surface area contributed by atoms with Crippen molar-refractivity contribution in [3.8, 4) is 0 Å². The van der Waals surface area contributed by atoms with E-state index in [2.05, 4.69) is 50.2 Å². The number of carbonyl (C=O) groups is 1. The molecule has 0 saturated carbocycles. The Hall–Kier alpha value is -2.26. The van der Waals surface area contributed by atoms with Gasteiger partial charge in [-0.25, -0.2) is 0 Å². The highest BCUT2D eigenvalue weighted by molar-refractivity contribution is 6.06. The van der Waals surface area contributed by atoms with Crippen LogP contribution in [0.5, 0.6) is 0 Å². The summed E-state index contributed by atoms with van der Waals surface area (Å²) < 4.78 is 6.18. The third kappa shape index (κ3) is 3.36. The van der Waals surface area contributed by atoms with Gasteiger partial charge in [-0.05, 0) is 50.2 Å². The molecule has 0 spiro atoms.